The van der Waals surface area contributed by atoms with Gasteiger partial charge in [-0.1, -0.05) is 29.8 Å². The minimum Gasteiger partial charge on any atom is -0.481 e. The fraction of sp³-hybridized carbons (Fsp3) is 0.462. The van der Waals surface area contributed by atoms with Gasteiger partial charge in [-0.05, 0) is 25.0 Å². The van der Waals surface area contributed by atoms with Crippen LogP contribution in [0.3, 0.4) is 0 Å². The highest BCUT2D eigenvalue weighted by Crippen LogP contribution is 2.31. The lowest BCUT2D eigenvalue weighted by molar-refractivity contribution is -0.384. The third-order valence-electron chi connectivity index (χ3n) is 3.58. The molecule has 1 aromatic rings. The Hall–Kier alpha value is -1.63. The fourth-order valence-corrected chi connectivity index (χ4v) is 2.31. The van der Waals surface area contributed by atoms with Crippen LogP contribution in [-0.4, -0.2) is 22.5 Å². The zero-order valence-electron chi connectivity index (χ0n) is 11.4. The third-order valence-corrected chi connectivity index (χ3v) is 4.07. The average Bonchev–Trinajstić information content (AvgIpc) is 2.39. The predicted octanol–water partition coefficient (Wildman–Crippen LogP) is 3.66. The molecule has 0 aliphatic carbocycles. The van der Waals surface area contributed by atoms with Crippen LogP contribution < -0.4 is 5.32 Å². The highest BCUT2D eigenvalue weighted by molar-refractivity contribution is 9.10. The van der Waals surface area contributed by atoms with Gasteiger partial charge in [-0.25, -0.2) is 0 Å². The second-order valence-corrected chi connectivity index (χ2v) is 5.48. The largest absolute Gasteiger partial charge is 0.481 e. The van der Waals surface area contributed by atoms with Crippen LogP contribution in [0, 0.1) is 15.5 Å². The van der Waals surface area contributed by atoms with Crippen LogP contribution in [0.1, 0.15) is 26.7 Å². The molecule has 0 radical (unpaired) electrons. The van der Waals surface area contributed by atoms with Gasteiger partial charge in [0.05, 0.1) is 10.3 Å². The maximum atomic E-state index is 11.4. The highest BCUT2D eigenvalue weighted by Gasteiger charge is 2.35. The number of nitro benzene ring substituents is 1. The molecule has 0 fully saturated rings. The number of rotatable bonds is 7. The van der Waals surface area contributed by atoms with Gasteiger partial charge >= 0.3 is 5.97 Å². The smallest absolute Gasteiger partial charge is 0.311 e. The minimum atomic E-state index is -0.920. The molecule has 0 heterocycles. The van der Waals surface area contributed by atoms with E-state index < -0.39 is 16.3 Å². The van der Waals surface area contributed by atoms with E-state index in [1.807, 2.05) is 0 Å². The van der Waals surface area contributed by atoms with Crippen molar-refractivity contribution in [1.29, 1.82) is 0 Å². The van der Waals surface area contributed by atoms with E-state index in [0.29, 0.717) is 23.0 Å². The normalized spacial score (nSPS) is 11.2. The second kappa shape index (κ2) is 6.69. The standard InChI is InChI=1S/C13H17BrN2O4/c1-3-13(4-2,12(17)18)8-15-10-7-9(14)5-6-11(10)16(19)20/h5-7,15H,3-4,8H2,1-2H3,(H,17,18). The molecule has 0 atom stereocenters. The van der Waals surface area contributed by atoms with Crippen molar-refractivity contribution in [3.05, 3.63) is 32.8 Å². The Morgan fingerprint density at radius 2 is 2.05 bits per heavy atom. The Labute approximate surface area is 125 Å². The summed E-state index contributed by atoms with van der Waals surface area (Å²) < 4.78 is 0.694. The van der Waals surface area contributed by atoms with Gasteiger partial charge in [-0.3, -0.25) is 14.9 Å². The summed E-state index contributed by atoms with van der Waals surface area (Å²) in [6.07, 6.45) is 0.904. The van der Waals surface area contributed by atoms with Gasteiger partial charge in [-0.15, -0.1) is 0 Å². The summed E-state index contributed by atoms with van der Waals surface area (Å²) in [5.41, 5.74) is -0.674. The quantitative estimate of drug-likeness (QED) is 0.581. The van der Waals surface area contributed by atoms with Crippen molar-refractivity contribution in [1.82, 2.24) is 0 Å². The van der Waals surface area contributed by atoms with Gasteiger partial charge in [0.15, 0.2) is 0 Å². The van der Waals surface area contributed by atoms with E-state index in [0.717, 1.165) is 0 Å². The summed E-state index contributed by atoms with van der Waals surface area (Å²) >= 11 is 3.25. The molecule has 0 saturated carbocycles. The van der Waals surface area contributed by atoms with Crippen molar-refractivity contribution in [3.8, 4) is 0 Å². The summed E-state index contributed by atoms with van der Waals surface area (Å²) in [6, 6.07) is 4.54. The van der Waals surface area contributed by atoms with Gasteiger partial charge in [-0.2, -0.15) is 0 Å². The van der Waals surface area contributed by atoms with E-state index in [1.54, 1.807) is 26.0 Å². The monoisotopic (exact) mass is 344 g/mol. The zero-order valence-corrected chi connectivity index (χ0v) is 12.9. The molecule has 0 unspecified atom stereocenters. The molecule has 1 rings (SSSR count). The molecule has 20 heavy (non-hydrogen) atoms. The molecule has 1 aromatic carbocycles. The summed E-state index contributed by atoms with van der Waals surface area (Å²) in [4.78, 5) is 21.9. The summed E-state index contributed by atoms with van der Waals surface area (Å²) in [5, 5.41) is 23.2. The number of hydrogen-bond acceptors (Lipinski definition) is 4. The van der Waals surface area contributed by atoms with E-state index in [4.69, 9.17) is 0 Å². The van der Waals surface area contributed by atoms with Crippen molar-refractivity contribution in [2.24, 2.45) is 5.41 Å². The maximum Gasteiger partial charge on any atom is 0.311 e. The first-order valence-corrected chi connectivity index (χ1v) is 7.06. The van der Waals surface area contributed by atoms with Crippen LogP contribution in [0.2, 0.25) is 0 Å². The molecule has 0 aromatic heterocycles. The molecule has 2 N–H and O–H groups in total. The van der Waals surface area contributed by atoms with Crippen molar-refractivity contribution >= 4 is 33.3 Å². The minimum absolute atomic E-state index is 0.0697. The lowest BCUT2D eigenvalue weighted by Crippen LogP contribution is -2.37. The molecule has 110 valence electrons. The molecule has 7 heteroatoms. The van der Waals surface area contributed by atoms with Crippen LogP contribution in [0.5, 0.6) is 0 Å². The Kier molecular flexibility index (Phi) is 5.50. The Bertz CT molecular complexity index is 515. The van der Waals surface area contributed by atoms with Crippen molar-refractivity contribution < 1.29 is 14.8 Å². The number of carboxylic acid groups (broad SMARTS) is 1. The number of halogens is 1. The van der Waals surface area contributed by atoms with Gasteiger partial charge in [0.1, 0.15) is 5.69 Å². The fourth-order valence-electron chi connectivity index (χ4n) is 1.95. The molecule has 0 aliphatic rings. The number of nitrogens with zero attached hydrogens (tertiary/aromatic N) is 1. The Balaban J connectivity index is 3.01. The number of nitro groups is 1. The molecular weight excluding hydrogens is 328 g/mol. The second-order valence-electron chi connectivity index (χ2n) is 4.56. The summed E-state index contributed by atoms with van der Waals surface area (Å²) in [5.74, 6) is -0.896. The van der Waals surface area contributed by atoms with Crippen molar-refractivity contribution in [3.63, 3.8) is 0 Å². The van der Waals surface area contributed by atoms with E-state index >= 15 is 0 Å². The van der Waals surface area contributed by atoms with Crippen LogP contribution in [-0.2, 0) is 4.79 Å². The predicted molar refractivity (Wildman–Crippen MR) is 79.9 cm³/mol. The number of aliphatic carboxylic acids is 1. The SMILES string of the molecule is CCC(CC)(CNc1cc(Br)ccc1[N+](=O)[O-])C(=O)O. The first kappa shape index (κ1) is 16.4. The molecular formula is C13H17BrN2O4. The van der Waals surface area contributed by atoms with Gasteiger partial charge < -0.3 is 10.4 Å². The molecule has 0 saturated heterocycles. The molecule has 0 bridgehead atoms. The van der Waals surface area contributed by atoms with Crippen LogP contribution in [0.15, 0.2) is 22.7 Å². The lowest BCUT2D eigenvalue weighted by Gasteiger charge is -2.27. The number of anilines is 1. The average molecular weight is 345 g/mol. The molecule has 0 aliphatic heterocycles. The van der Waals surface area contributed by atoms with E-state index in [9.17, 15) is 20.0 Å². The lowest BCUT2D eigenvalue weighted by atomic mass is 9.82. The first-order valence-electron chi connectivity index (χ1n) is 6.27. The number of carbonyl (C=O) groups is 1. The topological polar surface area (TPSA) is 92.5 Å². The first-order chi connectivity index (χ1) is 9.36. The van der Waals surface area contributed by atoms with Gasteiger partial charge in [0, 0.05) is 17.1 Å². The highest BCUT2D eigenvalue weighted by atomic mass is 79.9. The van der Waals surface area contributed by atoms with Gasteiger partial charge in [0.2, 0.25) is 0 Å². The van der Waals surface area contributed by atoms with Crippen LogP contribution in [0.4, 0.5) is 11.4 Å². The Morgan fingerprint density at radius 1 is 1.45 bits per heavy atom. The number of nitrogens with one attached hydrogen (secondary N) is 1. The molecule has 0 spiro atoms. The third kappa shape index (κ3) is 3.47. The van der Waals surface area contributed by atoms with Crippen LogP contribution >= 0.6 is 15.9 Å². The van der Waals surface area contributed by atoms with E-state index in [1.165, 1.54) is 6.07 Å². The van der Waals surface area contributed by atoms with E-state index in [-0.39, 0.29) is 12.2 Å². The molecule has 6 nitrogen and oxygen atoms in total. The number of benzene rings is 1. The Morgan fingerprint density at radius 3 is 2.50 bits per heavy atom. The summed E-state index contributed by atoms with van der Waals surface area (Å²) in [7, 11) is 0. The number of hydrogen-bond donors (Lipinski definition) is 2. The van der Waals surface area contributed by atoms with Crippen LogP contribution in [0.25, 0.3) is 0 Å². The van der Waals surface area contributed by atoms with Gasteiger partial charge in [0.25, 0.3) is 5.69 Å². The van der Waals surface area contributed by atoms with E-state index in [2.05, 4.69) is 21.2 Å². The molecule has 0 amide bonds. The summed E-state index contributed by atoms with van der Waals surface area (Å²) in [6.45, 7) is 3.75. The van der Waals surface area contributed by atoms with Crippen molar-refractivity contribution in [2.75, 3.05) is 11.9 Å². The zero-order chi connectivity index (χ0) is 15.3. The maximum absolute atomic E-state index is 11.4. The number of carboxylic acids is 1. The van der Waals surface area contributed by atoms with Crippen molar-refractivity contribution in [2.45, 2.75) is 26.7 Å².